The summed E-state index contributed by atoms with van der Waals surface area (Å²) in [5.41, 5.74) is 0.603. The molecule has 16 heavy (non-hydrogen) atoms. The number of methoxy groups -OCH3 is 1. The Morgan fingerprint density at radius 1 is 1.44 bits per heavy atom. The number of benzene rings is 1. The van der Waals surface area contributed by atoms with Crippen LogP contribution in [0.4, 0.5) is 5.69 Å². The monoisotopic (exact) mass is 285 g/mol. The zero-order valence-electron chi connectivity index (χ0n) is 9.04. The van der Waals surface area contributed by atoms with E-state index in [2.05, 4.69) is 21.2 Å². The zero-order chi connectivity index (χ0) is 12.1. The van der Waals surface area contributed by atoms with Crippen molar-refractivity contribution < 1.29 is 14.3 Å². The van der Waals surface area contributed by atoms with Crippen LogP contribution >= 0.6 is 15.9 Å². The van der Waals surface area contributed by atoms with Gasteiger partial charge in [-0.15, -0.1) is 0 Å². The molecule has 0 spiro atoms. The van der Waals surface area contributed by atoms with Crippen molar-refractivity contribution in [1.29, 1.82) is 0 Å². The number of Topliss-reactive ketones (excluding diaryl/α,β-unsaturated/α-hetero) is 1. The van der Waals surface area contributed by atoms with Gasteiger partial charge in [-0.25, -0.2) is 0 Å². The average molecular weight is 286 g/mol. The summed E-state index contributed by atoms with van der Waals surface area (Å²) in [6, 6.07) is 5.18. The van der Waals surface area contributed by atoms with Gasteiger partial charge in [-0.1, -0.05) is 0 Å². The Morgan fingerprint density at radius 2 is 2.12 bits per heavy atom. The summed E-state index contributed by atoms with van der Waals surface area (Å²) in [5.74, 6) is 0.138. The molecule has 0 saturated heterocycles. The standard InChI is InChI=1S/C11H12BrNO3/c1-7(14)5-11(15)13-8-3-4-9(12)10(6-8)16-2/h3-4,6H,5H2,1-2H3,(H,13,15). The Bertz CT molecular complexity index is 418. The molecule has 0 saturated carbocycles. The summed E-state index contributed by atoms with van der Waals surface area (Å²) in [6.07, 6.45) is -0.113. The second-order valence-electron chi connectivity index (χ2n) is 3.28. The van der Waals surface area contributed by atoms with E-state index in [1.807, 2.05) is 0 Å². The first kappa shape index (κ1) is 12.7. The highest BCUT2D eigenvalue weighted by molar-refractivity contribution is 9.10. The maximum absolute atomic E-state index is 11.3. The lowest BCUT2D eigenvalue weighted by Gasteiger charge is -2.07. The third kappa shape index (κ3) is 3.66. The van der Waals surface area contributed by atoms with Gasteiger partial charge in [0.05, 0.1) is 18.0 Å². The van der Waals surface area contributed by atoms with E-state index >= 15 is 0 Å². The van der Waals surface area contributed by atoms with E-state index in [-0.39, 0.29) is 18.1 Å². The number of amides is 1. The molecule has 1 aromatic carbocycles. The molecule has 0 aromatic heterocycles. The largest absolute Gasteiger partial charge is 0.495 e. The molecule has 0 heterocycles. The Kier molecular flexibility index (Phi) is 4.49. The first-order valence-corrected chi connectivity index (χ1v) is 5.45. The minimum atomic E-state index is -0.322. The number of ketones is 1. The van der Waals surface area contributed by atoms with E-state index in [0.717, 1.165) is 4.47 Å². The van der Waals surface area contributed by atoms with Gasteiger partial charge >= 0.3 is 0 Å². The van der Waals surface area contributed by atoms with Crippen LogP contribution < -0.4 is 10.1 Å². The van der Waals surface area contributed by atoms with Crippen molar-refractivity contribution in [3.63, 3.8) is 0 Å². The van der Waals surface area contributed by atoms with Gasteiger partial charge < -0.3 is 10.1 Å². The van der Waals surface area contributed by atoms with Crippen LogP contribution in [0.1, 0.15) is 13.3 Å². The molecule has 5 heteroatoms. The van der Waals surface area contributed by atoms with Crippen LogP contribution in [0.3, 0.4) is 0 Å². The lowest BCUT2D eigenvalue weighted by atomic mass is 10.2. The molecule has 0 fully saturated rings. The maximum Gasteiger partial charge on any atom is 0.231 e. The number of carbonyl (C=O) groups excluding carboxylic acids is 2. The van der Waals surface area contributed by atoms with Crippen LogP contribution in [0.25, 0.3) is 0 Å². The normalized spacial score (nSPS) is 9.69. The Hall–Kier alpha value is -1.36. The minimum absolute atomic E-state index is 0.113. The summed E-state index contributed by atoms with van der Waals surface area (Å²) < 4.78 is 5.89. The molecule has 86 valence electrons. The fourth-order valence-electron chi connectivity index (χ4n) is 1.17. The molecule has 1 rings (SSSR count). The number of nitrogens with one attached hydrogen (secondary N) is 1. The van der Waals surface area contributed by atoms with Gasteiger partial charge in [-0.2, -0.15) is 0 Å². The first-order chi connectivity index (χ1) is 7.52. The number of halogens is 1. The molecule has 1 N–H and O–H groups in total. The molecule has 0 unspecified atom stereocenters. The summed E-state index contributed by atoms with van der Waals surface area (Å²) in [7, 11) is 1.54. The van der Waals surface area contributed by atoms with Crippen molar-refractivity contribution in [2.75, 3.05) is 12.4 Å². The van der Waals surface area contributed by atoms with E-state index in [1.165, 1.54) is 6.92 Å². The van der Waals surface area contributed by atoms with E-state index in [9.17, 15) is 9.59 Å². The van der Waals surface area contributed by atoms with Crippen molar-refractivity contribution in [3.05, 3.63) is 22.7 Å². The molecule has 1 amide bonds. The minimum Gasteiger partial charge on any atom is -0.495 e. The molecule has 0 aliphatic rings. The number of carbonyl (C=O) groups is 2. The fourth-order valence-corrected chi connectivity index (χ4v) is 1.58. The van der Waals surface area contributed by atoms with Gasteiger partial charge in [0.15, 0.2) is 0 Å². The molecule has 0 aliphatic carbocycles. The smallest absolute Gasteiger partial charge is 0.231 e. The van der Waals surface area contributed by atoms with E-state index in [1.54, 1.807) is 25.3 Å². The van der Waals surface area contributed by atoms with Crippen LogP contribution in [-0.2, 0) is 9.59 Å². The fraction of sp³-hybridized carbons (Fsp3) is 0.273. The van der Waals surface area contributed by atoms with E-state index < -0.39 is 0 Å². The van der Waals surface area contributed by atoms with E-state index in [0.29, 0.717) is 11.4 Å². The van der Waals surface area contributed by atoms with Crippen molar-refractivity contribution in [2.24, 2.45) is 0 Å². The topological polar surface area (TPSA) is 55.4 Å². The van der Waals surface area contributed by atoms with Gasteiger partial charge in [0, 0.05) is 11.8 Å². The second-order valence-corrected chi connectivity index (χ2v) is 4.13. The van der Waals surface area contributed by atoms with Crippen LogP contribution in [0.5, 0.6) is 5.75 Å². The van der Waals surface area contributed by atoms with Crippen molar-refractivity contribution in [2.45, 2.75) is 13.3 Å². The number of anilines is 1. The number of ether oxygens (including phenoxy) is 1. The summed E-state index contributed by atoms with van der Waals surface area (Å²) in [4.78, 5) is 22.1. The highest BCUT2D eigenvalue weighted by atomic mass is 79.9. The highest BCUT2D eigenvalue weighted by Gasteiger charge is 2.07. The van der Waals surface area contributed by atoms with Crippen LogP contribution in [0, 0.1) is 0 Å². The molecular formula is C11H12BrNO3. The average Bonchev–Trinajstić information content (AvgIpc) is 2.19. The molecular weight excluding hydrogens is 274 g/mol. The first-order valence-electron chi connectivity index (χ1n) is 4.65. The predicted octanol–water partition coefficient (Wildman–Crippen LogP) is 2.38. The third-order valence-electron chi connectivity index (χ3n) is 1.84. The molecule has 0 bridgehead atoms. The molecule has 0 aliphatic heterocycles. The maximum atomic E-state index is 11.3. The number of hydrogen-bond acceptors (Lipinski definition) is 3. The quantitative estimate of drug-likeness (QED) is 0.864. The number of rotatable bonds is 4. The molecule has 1 aromatic rings. The second kappa shape index (κ2) is 5.65. The Balaban J connectivity index is 2.74. The Morgan fingerprint density at radius 3 is 2.69 bits per heavy atom. The van der Waals surface area contributed by atoms with Gasteiger partial charge in [-0.3, -0.25) is 9.59 Å². The third-order valence-corrected chi connectivity index (χ3v) is 2.50. The lowest BCUT2D eigenvalue weighted by Crippen LogP contribution is -2.14. The summed E-state index contributed by atoms with van der Waals surface area (Å²) >= 11 is 3.31. The SMILES string of the molecule is COc1cc(NC(=O)CC(C)=O)ccc1Br. The van der Waals surface area contributed by atoms with Gasteiger partial charge in [0.1, 0.15) is 11.5 Å². The molecule has 0 atom stereocenters. The predicted molar refractivity (Wildman–Crippen MR) is 64.6 cm³/mol. The zero-order valence-corrected chi connectivity index (χ0v) is 10.6. The van der Waals surface area contributed by atoms with Crippen molar-refractivity contribution in [1.82, 2.24) is 0 Å². The van der Waals surface area contributed by atoms with Crippen LogP contribution in [0.2, 0.25) is 0 Å². The number of hydrogen-bond donors (Lipinski definition) is 1. The van der Waals surface area contributed by atoms with Gasteiger partial charge in [0.2, 0.25) is 5.91 Å². The molecule has 0 radical (unpaired) electrons. The van der Waals surface area contributed by atoms with Crippen molar-refractivity contribution in [3.8, 4) is 5.75 Å². The van der Waals surface area contributed by atoms with Gasteiger partial charge in [0.25, 0.3) is 0 Å². The Labute approximate surface area is 102 Å². The van der Waals surface area contributed by atoms with Crippen LogP contribution in [0.15, 0.2) is 22.7 Å². The molecule has 4 nitrogen and oxygen atoms in total. The van der Waals surface area contributed by atoms with Gasteiger partial charge in [-0.05, 0) is 35.0 Å². The lowest BCUT2D eigenvalue weighted by molar-refractivity contribution is -0.124. The van der Waals surface area contributed by atoms with Crippen molar-refractivity contribution >= 4 is 33.3 Å². The van der Waals surface area contributed by atoms with E-state index in [4.69, 9.17) is 4.74 Å². The summed E-state index contributed by atoms with van der Waals surface area (Å²) in [5, 5.41) is 2.61. The highest BCUT2D eigenvalue weighted by Crippen LogP contribution is 2.27. The van der Waals surface area contributed by atoms with Crippen LogP contribution in [-0.4, -0.2) is 18.8 Å². The summed E-state index contributed by atoms with van der Waals surface area (Å²) in [6.45, 7) is 1.38.